The molecule has 3 aromatic rings. The Bertz CT molecular complexity index is 1630. The Balaban J connectivity index is 1.34. The number of nitrogens with one attached hydrogen (secondary N) is 5. The van der Waals surface area contributed by atoms with Crippen LogP contribution in [0.2, 0.25) is 0 Å². The summed E-state index contributed by atoms with van der Waals surface area (Å²) in [6.07, 6.45) is 0.0929. The number of rotatable bonds is 16. The monoisotopic (exact) mass is 677 g/mol. The molecule has 0 radical (unpaired) electrons. The van der Waals surface area contributed by atoms with Gasteiger partial charge >= 0.3 is 18.1 Å². The number of benzene rings is 3. The van der Waals surface area contributed by atoms with Crippen molar-refractivity contribution in [2.75, 3.05) is 37.7 Å². The molecule has 4 rings (SSSR count). The largest absolute Gasteiger partial charge is 0.484 e. The van der Waals surface area contributed by atoms with Crippen molar-refractivity contribution in [2.24, 2.45) is 0 Å². The van der Waals surface area contributed by atoms with Gasteiger partial charge in [0.05, 0.1) is 19.6 Å². The van der Waals surface area contributed by atoms with Crippen molar-refractivity contribution in [2.45, 2.75) is 44.7 Å². The van der Waals surface area contributed by atoms with Crippen molar-refractivity contribution in [3.8, 4) is 17.2 Å². The molecule has 49 heavy (non-hydrogen) atoms. The summed E-state index contributed by atoms with van der Waals surface area (Å²) in [4.78, 5) is 61.9. The average molecular weight is 678 g/mol. The van der Waals surface area contributed by atoms with E-state index in [9.17, 15) is 29.1 Å². The lowest BCUT2D eigenvalue weighted by molar-refractivity contribution is -0.138. The van der Waals surface area contributed by atoms with Crippen LogP contribution in [0.5, 0.6) is 17.2 Å². The first-order valence-corrected chi connectivity index (χ1v) is 15.5. The van der Waals surface area contributed by atoms with Crippen molar-refractivity contribution in [1.82, 2.24) is 16.0 Å². The molecule has 6 N–H and O–H groups in total. The number of aryl methyl sites for hydroxylation is 1. The number of hydrogen-bond acceptors (Lipinski definition) is 9. The number of alkyl carbamates (subject to hydrolysis) is 1. The molecule has 2 unspecified atom stereocenters. The molecule has 0 aliphatic carbocycles. The molecule has 15 heteroatoms. The molecule has 3 aromatic carbocycles. The molecule has 0 aromatic heterocycles. The van der Waals surface area contributed by atoms with Gasteiger partial charge in [0, 0.05) is 17.9 Å². The van der Waals surface area contributed by atoms with Crippen LogP contribution in [0.1, 0.15) is 42.9 Å². The highest BCUT2D eigenvalue weighted by Gasteiger charge is 2.27. The Morgan fingerprint density at radius 3 is 2.39 bits per heavy atom. The van der Waals surface area contributed by atoms with Crippen LogP contribution in [0.4, 0.5) is 21.0 Å². The Labute approximate surface area is 282 Å². The summed E-state index contributed by atoms with van der Waals surface area (Å²) in [6.45, 7) is 1.78. The molecule has 1 aliphatic rings. The zero-order valence-corrected chi connectivity index (χ0v) is 27.1. The van der Waals surface area contributed by atoms with Crippen molar-refractivity contribution in [3.63, 3.8) is 0 Å². The van der Waals surface area contributed by atoms with Gasteiger partial charge in [0.2, 0.25) is 12.7 Å². The fourth-order valence-electron chi connectivity index (χ4n) is 4.85. The number of carboxylic acid groups (broad SMARTS) is 1. The van der Waals surface area contributed by atoms with Gasteiger partial charge in [-0.25, -0.2) is 9.59 Å². The van der Waals surface area contributed by atoms with Crippen LogP contribution in [-0.2, 0) is 19.1 Å². The van der Waals surface area contributed by atoms with Crippen molar-refractivity contribution in [1.29, 1.82) is 0 Å². The number of fused-ring (bicyclic) bond motifs is 1. The van der Waals surface area contributed by atoms with Crippen molar-refractivity contribution in [3.05, 3.63) is 77.9 Å². The number of carboxylic acids is 1. The Hall–Kier alpha value is -5.99. The second-order valence-corrected chi connectivity index (χ2v) is 11.0. The van der Waals surface area contributed by atoms with Crippen LogP contribution in [0, 0.1) is 6.92 Å². The Morgan fingerprint density at radius 2 is 1.65 bits per heavy atom. The van der Waals surface area contributed by atoms with E-state index in [1.807, 2.05) is 25.1 Å². The third kappa shape index (κ3) is 11.3. The number of methoxy groups -OCH3 is 1. The second kappa shape index (κ2) is 17.8. The van der Waals surface area contributed by atoms with Crippen LogP contribution in [0.15, 0.2) is 66.7 Å². The van der Waals surface area contributed by atoms with Crippen LogP contribution in [-0.4, -0.2) is 68.1 Å². The molecule has 1 heterocycles. The van der Waals surface area contributed by atoms with E-state index in [1.54, 1.807) is 48.5 Å². The summed E-state index contributed by atoms with van der Waals surface area (Å²) in [5.41, 5.74) is 2.59. The smallest absolute Gasteiger partial charge is 0.406 e. The molecular weight excluding hydrogens is 638 g/mol. The lowest BCUT2D eigenvalue weighted by Gasteiger charge is -2.23. The highest BCUT2D eigenvalue weighted by atomic mass is 16.7. The van der Waals surface area contributed by atoms with Gasteiger partial charge < -0.3 is 50.6 Å². The maximum Gasteiger partial charge on any atom is 0.406 e. The standard InChI is InChI=1S/C34H39N5O10/c1-21-7-3-4-8-25(21)39-33(44)36-23-11-13-24(14-12-23)47-19-30(40)37-26(9-5-6-16-35-34(45)46-2)32(43)38-27(18-31(41)42)22-10-15-28-29(17-22)49-20-48-28/h3-4,7-8,10-15,17,26-27H,5-6,9,16,18-20H2,1-2H3,(H,35,45)(H,37,40)(H,38,43)(H,41,42)(H2,36,39,44). The van der Waals surface area contributed by atoms with Crippen molar-refractivity contribution < 1.29 is 48.0 Å². The summed E-state index contributed by atoms with van der Waals surface area (Å²) < 4.78 is 20.9. The highest BCUT2D eigenvalue weighted by Crippen LogP contribution is 2.35. The van der Waals surface area contributed by atoms with Crippen LogP contribution < -0.4 is 40.8 Å². The van der Waals surface area contributed by atoms with Gasteiger partial charge in [-0.05, 0) is 79.8 Å². The average Bonchev–Trinajstić information content (AvgIpc) is 3.56. The number of para-hydroxylation sites is 1. The molecule has 0 fully saturated rings. The van der Waals surface area contributed by atoms with E-state index in [4.69, 9.17) is 14.2 Å². The Morgan fingerprint density at radius 1 is 0.898 bits per heavy atom. The number of ether oxygens (including phenoxy) is 4. The van der Waals surface area contributed by atoms with E-state index >= 15 is 0 Å². The van der Waals surface area contributed by atoms with E-state index in [-0.39, 0.29) is 19.8 Å². The lowest BCUT2D eigenvalue weighted by atomic mass is 10.0. The molecule has 5 amide bonds. The predicted octanol–water partition coefficient (Wildman–Crippen LogP) is 4.09. The number of urea groups is 1. The minimum Gasteiger partial charge on any atom is -0.484 e. The van der Waals surface area contributed by atoms with Gasteiger partial charge in [0.25, 0.3) is 5.91 Å². The number of anilines is 2. The first-order chi connectivity index (χ1) is 23.6. The number of amides is 5. The number of hydrogen-bond donors (Lipinski definition) is 6. The fraction of sp³-hybridized carbons (Fsp3) is 0.324. The zero-order chi connectivity index (χ0) is 35.2. The fourth-order valence-corrected chi connectivity index (χ4v) is 4.85. The van der Waals surface area contributed by atoms with Gasteiger partial charge in [-0.1, -0.05) is 24.3 Å². The third-order valence-corrected chi connectivity index (χ3v) is 7.40. The molecule has 0 saturated heterocycles. The summed E-state index contributed by atoms with van der Waals surface area (Å²) in [6, 6.07) is 16.2. The predicted molar refractivity (Wildman–Crippen MR) is 178 cm³/mol. The van der Waals surface area contributed by atoms with E-state index in [0.717, 1.165) is 5.56 Å². The maximum atomic E-state index is 13.5. The van der Waals surface area contributed by atoms with E-state index < -0.39 is 55.0 Å². The minimum atomic E-state index is -1.14. The van der Waals surface area contributed by atoms with Crippen LogP contribution >= 0.6 is 0 Å². The van der Waals surface area contributed by atoms with E-state index in [2.05, 4.69) is 31.3 Å². The topological polar surface area (TPSA) is 203 Å². The lowest BCUT2D eigenvalue weighted by Crippen LogP contribution is -2.49. The molecule has 0 spiro atoms. The normalized spacial score (nSPS) is 12.5. The van der Waals surface area contributed by atoms with Crippen molar-refractivity contribution >= 4 is 41.3 Å². The molecule has 1 aliphatic heterocycles. The number of carbonyl (C=O) groups is 5. The SMILES string of the molecule is COC(=O)NCCCCC(NC(=O)COc1ccc(NC(=O)Nc2ccccc2C)cc1)C(=O)NC(CC(=O)O)c1ccc2c(c1)OCO2. The summed E-state index contributed by atoms with van der Waals surface area (Å²) >= 11 is 0. The zero-order valence-electron chi connectivity index (χ0n) is 27.1. The van der Waals surface area contributed by atoms with E-state index in [1.165, 1.54) is 7.11 Å². The number of unbranched alkanes of at least 4 members (excludes halogenated alkanes) is 1. The van der Waals surface area contributed by atoms with Crippen LogP contribution in [0.25, 0.3) is 0 Å². The summed E-state index contributed by atoms with van der Waals surface area (Å²) in [5.74, 6) is -1.05. The molecule has 0 bridgehead atoms. The molecular formula is C34H39N5O10. The first kappa shape index (κ1) is 35.9. The summed E-state index contributed by atoms with van der Waals surface area (Å²) in [5, 5.41) is 23.0. The van der Waals surface area contributed by atoms with Gasteiger partial charge in [0.15, 0.2) is 18.1 Å². The number of aliphatic carboxylic acids is 1. The van der Waals surface area contributed by atoms with Crippen LogP contribution in [0.3, 0.4) is 0 Å². The quantitative estimate of drug-likeness (QED) is 0.120. The van der Waals surface area contributed by atoms with Gasteiger partial charge in [-0.15, -0.1) is 0 Å². The minimum absolute atomic E-state index is 0.0302. The van der Waals surface area contributed by atoms with Gasteiger partial charge in [0.1, 0.15) is 11.8 Å². The number of carbonyl (C=O) groups excluding carboxylic acids is 4. The third-order valence-electron chi connectivity index (χ3n) is 7.40. The highest BCUT2D eigenvalue weighted by molar-refractivity contribution is 6.00. The summed E-state index contributed by atoms with van der Waals surface area (Å²) in [7, 11) is 1.25. The molecule has 2 atom stereocenters. The van der Waals surface area contributed by atoms with Gasteiger partial charge in [-0.3, -0.25) is 14.4 Å². The first-order valence-electron chi connectivity index (χ1n) is 15.5. The molecule has 15 nitrogen and oxygen atoms in total. The Kier molecular flexibility index (Phi) is 13.0. The molecule has 260 valence electrons. The van der Waals surface area contributed by atoms with E-state index in [0.29, 0.717) is 47.0 Å². The maximum absolute atomic E-state index is 13.5. The van der Waals surface area contributed by atoms with Gasteiger partial charge in [-0.2, -0.15) is 0 Å². The second-order valence-electron chi connectivity index (χ2n) is 11.0. The molecule has 0 saturated carbocycles.